The van der Waals surface area contributed by atoms with Gasteiger partial charge in [0.1, 0.15) is 5.75 Å². The first-order valence-electron chi connectivity index (χ1n) is 7.41. The van der Waals surface area contributed by atoms with Crippen molar-refractivity contribution in [3.05, 3.63) is 18.2 Å². The SMILES string of the molecule is COc1cc(N)ccc1NC(=O)CCN(C)CC1CC1C. The number of anilines is 2. The molecule has 0 heterocycles. The number of nitrogen functional groups attached to an aromatic ring is 1. The molecule has 1 fully saturated rings. The number of benzene rings is 1. The third kappa shape index (κ3) is 4.63. The summed E-state index contributed by atoms with van der Waals surface area (Å²) in [5, 5.41) is 2.88. The van der Waals surface area contributed by atoms with Crippen LogP contribution in [0.1, 0.15) is 19.8 Å². The van der Waals surface area contributed by atoms with Crippen LogP contribution in [0.4, 0.5) is 11.4 Å². The first kappa shape index (κ1) is 15.6. The summed E-state index contributed by atoms with van der Waals surface area (Å²) in [6, 6.07) is 5.22. The molecule has 21 heavy (non-hydrogen) atoms. The Bertz CT molecular complexity index is 504. The van der Waals surface area contributed by atoms with Crippen molar-refractivity contribution in [2.24, 2.45) is 11.8 Å². The molecule has 3 N–H and O–H groups in total. The largest absolute Gasteiger partial charge is 0.494 e. The highest BCUT2D eigenvalue weighted by molar-refractivity contribution is 5.92. The van der Waals surface area contributed by atoms with Gasteiger partial charge in [0.15, 0.2) is 0 Å². The van der Waals surface area contributed by atoms with E-state index in [2.05, 4.69) is 24.2 Å². The summed E-state index contributed by atoms with van der Waals surface area (Å²) < 4.78 is 5.22. The van der Waals surface area contributed by atoms with E-state index in [0.29, 0.717) is 23.5 Å². The predicted octanol–water partition coefficient (Wildman–Crippen LogP) is 2.19. The molecule has 0 bridgehead atoms. The lowest BCUT2D eigenvalue weighted by atomic mass is 10.2. The number of rotatable bonds is 7. The summed E-state index contributed by atoms with van der Waals surface area (Å²) in [6.45, 7) is 4.13. The normalized spacial score (nSPS) is 20.4. The molecule has 1 aliphatic rings. The Kier molecular flexibility index (Phi) is 5.07. The maximum Gasteiger partial charge on any atom is 0.225 e. The van der Waals surface area contributed by atoms with E-state index in [9.17, 15) is 4.79 Å². The molecule has 0 aliphatic heterocycles. The second-order valence-electron chi connectivity index (χ2n) is 5.99. The Labute approximate surface area is 126 Å². The van der Waals surface area contributed by atoms with Gasteiger partial charge < -0.3 is 20.7 Å². The van der Waals surface area contributed by atoms with Gasteiger partial charge in [0, 0.05) is 31.3 Å². The first-order chi connectivity index (χ1) is 9.99. The number of carbonyl (C=O) groups is 1. The minimum Gasteiger partial charge on any atom is -0.494 e. The number of nitrogens with zero attached hydrogens (tertiary/aromatic N) is 1. The third-order valence-corrected chi connectivity index (χ3v) is 4.04. The van der Waals surface area contributed by atoms with Crippen LogP contribution in [-0.2, 0) is 4.79 Å². The van der Waals surface area contributed by atoms with Gasteiger partial charge in [-0.1, -0.05) is 6.92 Å². The smallest absolute Gasteiger partial charge is 0.225 e. The van der Waals surface area contributed by atoms with Gasteiger partial charge in [-0.05, 0) is 37.4 Å². The number of nitrogens with two attached hydrogens (primary N) is 1. The predicted molar refractivity (Wildman–Crippen MR) is 85.4 cm³/mol. The van der Waals surface area contributed by atoms with Crippen molar-refractivity contribution in [3.8, 4) is 5.75 Å². The Morgan fingerprint density at radius 2 is 2.24 bits per heavy atom. The Morgan fingerprint density at radius 1 is 1.52 bits per heavy atom. The van der Waals surface area contributed by atoms with Crippen LogP contribution in [0.2, 0.25) is 0 Å². The highest BCUT2D eigenvalue weighted by Gasteiger charge is 2.32. The van der Waals surface area contributed by atoms with Gasteiger partial charge in [-0.2, -0.15) is 0 Å². The van der Waals surface area contributed by atoms with Gasteiger partial charge in [0.05, 0.1) is 12.8 Å². The molecule has 1 amide bonds. The number of hydrogen-bond donors (Lipinski definition) is 2. The fraction of sp³-hybridized carbons (Fsp3) is 0.562. The van der Waals surface area contributed by atoms with Gasteiger partial charge in [-0.15, -0.1) is 0 Å². The molecule has 0 saturated heterocycles. The van der Waals surface area contributed by atoms with Gasteiger partial charge in [-0.25, -0.2) is 0 Å². The first-order valence-corrected chi connectivity index (χ1v) is 7.41. The number of amides is 1. The molecule has 2 atom stereocenters. The van der Waals surface area contributed by atoms with Crippen molar-refractivity contribution in [2.45, 2.75) is 19.8 Å². The summed E-state index contributed by atoms with van der Waals surface area (Å²) in [5.74, 6) is 2.24. The van der Waals surface area contributed by atoms with Gasteiger partial charge in [-0.3, -0.25) is 4.79 Å². The topological polar surface area (TPSA) is 67.6 Å². The molecule has 0 radical (unpaired) electrons. The molecular weight excluding hydrogens is 266 g/mol. The van der Waals surface area contributed by atoms with Crippen LogP contribution < -0.4 is 15.8 Å². The molecular formula is C16H25N3O2. The lowest BCUT2D eigenvalue weighted by Crippen LogP contribution is -2.26. The standard InChI is InChI=1S/C16H25N3O2/c1-11-8-12(11)10-19(2)7-6-16(20)18-14-5-4-13(17)9-15(14)21-3/h4-5,9,11-12H,6-8,10,17H2,1-3H3,(H,18,20). The molecule has 0 spiro atoms. The fourth-order valence-electron chi connectivity index (χ4n) is 2.46. The second-order valence-corrected chi connectivity index (χ2v) is 5.99. The van der Waals surface area contributed by atoms with Gasteiger partial charge in [0.25, 0.3) is 0 Å². The van der Waals surface area contributed by atoms with E-state index in [4.69, 9.17) is 10.5 Å². The molecule has 2 rings (SSSR count). The number of hydrogen-bond acceptors (Lipinski definition) is 4. The Hall–Kier alpha value is -1.75. The van der Waals surface area contributed by atoms with Crippen molar-refractivity contribution in [1.29, 1.82) is 0 Å². The van der Waals surface area contributed by atoms with Crippen LogP contribution in [0.5, 0.6) is 5.75 Å². The van der Waals surface area contributed by atoms with Gasteiger partial charge in [0.2, 0.25) is 5.91 Å². The van der Waals surface area contributed by atoms with E-state index < -0.39 is 0 Å². The number of ether oxygens (including phenoxy) is 1. The maximum atomic E-state index is 12.0. The molecule has 0 aromatic heterocycles. The van der Waals surface area contributed by atoms with E-state index >= 15 is 0 Å². The molecule has 1 aromatic rings. The number of carbonyl (C=O) groups excluding carboxylic acids is 1. The fourth-order valence-corrected chi connectivity index (χ4v) is 2.46. The summed E-state index contributed by atoms with van der Waals surface area (Å²) in [6.07, 6.45) is 1.80. The van der Waals surface area contributed by atoms with E-state index in [1.54, 1.807) is 25.3 Å². The average molecular weight is 291 g/mol. The van der Waals surface area contributed by atoms with E-state index in [0.717, 1.165) is 24.9 Å². The summed E-state index contributed by atoms with van der Waals surface area (Å²) in [7, 11) is 3.64. The zero-order valence-electron chi connectivity index (χ0n) is 13.1. The van der Waals surface area contributed by atoms with Crippen molar-refractivity contribution >= 4 is 17.3 Å². The molecule has 1 aliphatic carbocycles. The van der Waals surface area contributed by atoms with E-state index in [1.165, 1.54) is 6.42 Å². The van der Waals surface area contributed by atoms with Crippen molar-refractivity contribution in [3.63, 3.8) is 0 Å². The molecule has 116 valence electrons. The van der Waals surface area contributed by atoms with Crippen molar-refractivity contribution in [1.82, 2.24) is 4.90 Å². The van der Waals surface area contributed by atoms with Crippen molar-refractivity contribution in [2.75, 3.05) is 38.3 Å². The minimum atomic E-state index is -0.00577. The molecule has 1 aromatic carbocycles. The number of methoxy groups -OCH3 is 1. The Balaban J connectivity index is 1.78. The molecule has 5 heteroatoms. The summed E-state index contributed by atoms with van der Waals surface area (Å²) in [5.41, 5.74) is 6.97. The van der Waals surface area contributed by atoms with E-state index in [1.807, 2.05) is 0 Å². The minimum absolute atomic E-state index is 0.00577. The number of nitrogens with one attached hydrogen (secondary N) is 1. The van der Waals surface area contributed by atoms with Gasteiger partial charge >= 0.3 is 0 Å². The van der Waals surface area contributed by atoms with Crippen molar-refractivity contribution < 1.29 is 9.53 Å². The zero-order valence-corrected chi connectivity index (χ0v) is 13.1. The van der Waals surface area contributed by atoms with Crippen LogP contribution >= 0.6 is 0 Å². The van der Waals surface area contributed by atoms with Crippen LogP contribution in [0.25, 0.3) is 0 Å². The van der Waals surface area contributed by atoms with Crippen LogP contribution in [-0.4, -0.2) is 38.1 Å². The monoisotopic (exact) mass is 291 g/mol. The molecule has 5 nitrogen and oxygen atoms in total. The average Bonchev–Trinajstić information content (AvgIpc) is 3.13. The van der Waals surface area contributed by atoms with E-state index in [-0.39, 0.29) is 5.91 Å². The Morgan fingerprint density at radius 3 is 2.86 bits per heavy atom. The summed E-state index contributed by atoms with van der Waals surface area (Å²) >= 11 is 0. The van der Waals surface area contributed by atoms with Crippen LogP contribution in [0.3, 0.4) is 0 Å². The van der Waals surface area contributed by atoms with Crippen LogP contribution in [0, 0.1) is 11.8 Å². The lowest BCUT2D eigenvalue weighted by molar-refractivity contribution is -0.116. The highest BCUT2D eigenvalue weighted by atomic mass is 16.5. The lowest BCUT2D eigenvalue weighted by Gasteiger charge is -2.16. The quantitative estimate of drug-likeness (QED) is 0.756. The van der Waals surface area contributed by atoms with Crippen LogP contribution in [0.15, 0.2) is 18.2 Å². The summed E-state index contributed by atoms with van der Waals surface area (Å²) in [4.78, 5) is 14.2. The molecule has 1 saturated carbocycles. The second kappa shape index (κ2) is 6.80. The highest BCUT2D eigenvalue weighted by Crippen LogP contribution is 2.37. The maximum absolute atomic E-state index is 12.0. The third-order valence-electron chi connectivity index (χ3n) is 4.04. The molecule has 2 unspecified atom stereocenters. The zero-order chi connectivity index (χ0) is 15.4.